The van der Waals surface area contributed by atoms with Crippen molar-refractivity contribution in [3.8, 4) is 0 Å². The molecule has 0 saturated heterocycles. The van der Waals surface area contributed by atoms with E-state index < -0.39 is 0 Å². The lowest BCUT2D eigenvalue weighted by atomic mass is 10.1. The standard InChI is InChI=1S/C14H19Cl2NOS/c1-4-11(9-19-3)17(2)8-14(18)12-6-5-10(15)7-13(12)16/h5-7,11H,4,8-9H2,1-3H3. The number of hydrogen-bond donors (Lipinski definition) is 0. The zero-order chi connectivity index (χ0) is 14.4. The quantitative estimate of drug-likeness (QED) is 0.701. The lowest BCUT2D eigenvalue weighted by molar-refractivity contribution is 0.0925. The summed E-state index contributed by atoms with van der Waals surface area (Å²) >= 11 is 13.7. The van der Waals surface area contributed by atoms with Crippen molar-refractivity contribution in [3.05, 3.63) is 33.8 Å². The molecule has 0 bridgehead atoms. The Labute approximate surface area is 129 Å². The third-order valence-corrected chi connectivity index (χ3v) is 4.34. The van der Waals surface area contributed by atoms with Crippen molar-refractivity contribution in [2.45, 2.75) is 19.4 Å². The Kier molecular flexibility index (Phi) is 7.22. The molecule has 1 atom stereocenters. The molecule has 1 aromatic carbocycles. The van der Waals surface area contributed by atoms with Crippen molar-refractivity contribution < 1.29 is 4.79 Å². The summed E-state index contributed by atoms with van der Waals surface area (Å²) in [6, 6.07) is 5.40. The number of thioether (sulfide) groups is 1. The van der Waals surface area contributed by atoms with Gasteiger partial charge in [-0.05, 0) is 37.9 Å². The monoisotopic (exact) mass is 319 g/mol. The summed E-state index contributed by atoms with van der Waals surface area (Å²) in [6.45, 7) is 2.51. The SMILES string of the molecule is CCC(CSC)N(C)CC(=O)c1ccc(Cl)cc1Cl. The summed E-state index contributed by atoms with van der Waals surface area (Å²) in [6.07, 6.45) is 3.10. The van der Waals surface area contributed by atoms with Crippen LogP contribution in [-0.2, 0) is 0 Å². The number of Topliss-reactive ketones (excluding diaryl/α,β-unsaturated/α-hetero) is 1. The van der Waals surface area contributed by atoms with Gasteiger partial charge in [0.2, 0.25) is 0 Å². The Balaban J connectivity index is 2.73. The highest BCUT2D eigenvalue weighted by molar-refractivity contribution is 7.98. The summed E-state index contributed by atoms with van der Waals surface area (Å²) in [5, 5.41) is 0.965. The van der Waals surface area contributed by atoms with Gasteiger partial charge in [-0.15, -0.1) is 0 Å². The molecule has 0 N–H and O–H groups in total. The highest BCUT2D eigenvalue weighted by atomic mass is 35.5. The van der Waals surface area contributed by atoms with Crippen molar-refractivity contribution in [2.75, 3.05) is 25.6 Å². The first-order valence-corrected chi connectivity index (χ1v) is 8.32. The number of carbonyl (C=O) groups excluding carboxylic acids is 1. The van der Waals surface area contributed by atoms with Crippen LogP contribution in [-0.4, -0.2) is 42.3 Å². The highest BCUT2D eigenvalue weighted by Crippen LogP contribution is 2.22. The van der Waals surface area contributed by atoms with Gasteiger partial charge in [-0.2, -0.15) is 11.8 Å². The second-order valence-electron chi connectivity index (χ2n) is 4.48. The molecule has 1 aromatic rings. The second-order valence-corrected chi connectivity index (χ2v) is 6.23. The molecule has 1 rings (SSSR count). The lowest BCUT2D eigenvalue weighted by Crippen LogP contribution is -2.37. The first kappa shape index (κ1) is 16.8. The van der Waals surface area contributed by atoms with Gasteiger partial charge in [-0.1, -0.05) is 30.1 Å². The van der Waals surface area contributed by atoms with Crippen LogP contribution in [0, 0.1) is 0 Å². The van der Waals surface area contributed by atoms with E-state index in [4.69, 9.17) is 23.2 Å². The Morgan fingerprint density at radius 3 is 2.63 bits per heavy atom. The average molecular weight is 320 g/mol. The molecular weight excluding hydrogens is 301 g/mol. The van der Waals surface area contributed by atoms with E-state index in [0.717, 1.165) is 12.2 Å². The van der Waals surface area contributed by atoms with Crippen LogP contribution >= 0.6 is 35.0 Å². The van der Waals surface area contributed by atoms with E-state index in [0.29, 0.717) is 28.2 Å². The van der Waals surface area contributed by atoms with Gasteiger partial charge in [0.25, 0.3) is 0 Å². The van der Waals surface area contributed by atoms with E-state index in [1.54, 1.807) is 30.0 Å². The summed E-state index contributed by atoms with van der Waals surface area (Å²) in [7, 11) is 1.98. The number of rotatable bonds is 7. The van der Waals surface area contributed by atoms with Crippen LogP contribution in [0.25, 0.3) is 0 Å². The maximum Gasteiger partial charge on any atom is 0.178 e. The van der Waals surface area contributed by atoms with Crippen LogP contribution in [0.5, 0.6) is 0 Å². The van der Waals surface area contributed by atoms with Gasteiger partial charge in [0.15, 0.2) is 5.78 Å². The number of nitrogens with zero attached hydrogens (tertiary/aromatic N) is 1. The Hall–Kier alpha value is -0.220. The second kappa shape index (κ2) is 8.15. The molecule has 0 heterocycles. The number of benzene rings is 1. The molecule has 0 amide bonds. The van der Waals surface area contributed by atoms with E-state index in [-0.39, 0.29) is 5.78 Å². The minimum atomic E-state index is 0.0312. The van der Waals surface area contributed by atoms with Gasteiger partial charge in [0, 0.05) is 22.4 Å². The number of likely N-dealkylation sites (N-methyl/N-ethyl adjacent to an activating group) is 1. The molecule has 1 unspecified atom stereocenters. The lowest BCUT2D eigenvalue weighted by Gasteiger charge is -2.25. The first-order chi connectivity index (χ1) is 8.99. The molecule has 2 nitrogen and oxygen atoms in total. The third kappa shape index (κ3) is 4.99. The van der Waals surface area contributed by atoms with Gasteiger partial charge < -0.3 is 0 Å². The predicted octanol–water partition coefficient (Wildman–Crippen LogP) is 4.25. The van der Waals surface area contributed by atoms with Crippen LogP contribution in [0.2, 0.25) is 10.0 Å². The fourth-order valence-corrected chi connectivity index (χ4v) is 3.29. The smallest absolute Gasteiger partial charge is 0.178 e. The van der Waals surface area contributed by atoms with Crippen LogP contribution in [0.15, 0.2) is 18.2 Å². The molecule has 0 aromatic heterocycles. The molecule has 0 aliphatic carbocycles. The molecule has 0 saturated carbocycles. The number of ketones is 1. The van der Waals surface area contributed by atoms with Gasteiger partial charge in [0.1, 0.15) is 0 Å². The highest BCUT2D eigenvalue weighted by Gasteiger charge is 2.18. The van der Waals surface area contributed by atoms with Crippen molar-refractivity contribution in [2.24, 2.45) is 0 Å². The van der Waals surface area contributed by atoms with Crippen LogP contribution in [0.3, 0.4) is 0 Å². The number of hydrogen-bond acceptors (Lipinski definition) is 3. The largest absolute Gasteiger partial charge is 0.295 e. The molecule has 0 aliphatic rings. The predicted molar refractivity (Wildman–Crippen MR) is 85.9 cm³/mol. The van der Waals surface area contributed by atoms with E-state index >= 15 is 0 Å². The molecule has 0 radical (unpaired) electrons. The Morgan fingerprint density at radius 2 is 2.11 bits per heavy atom. The Morgan fingerprint density at radius 1 is 1.42 bits per heavy atom. The Bertz CT molecular complexity index is 439. The van der Waals surface area contributed by atoms with Gasteiger partial charge in [-0.3, -0.25) is 9.69 Å². The normalized spacial score (nSPS) is 12.7. The number of carbonyl (C=O) groups is 1. The van der Waals surface area contributed by atoms with Crippen molar-refractivity contribution in [3.63, 3.8) is 0 Å². The van der Waals surface area contributed by atoms with E-state index in [1.807, 2.05) is 7.05 Å². The fraction of sp³-hybridized carbons (Fsp3) is 0.500. The summed E-state index contributed by atoms with van der Waals surface area (Å²) < 4.78 is 0. The molecule has 0 spiro atoms. The van der Waals surface area contributed by atoms with Gasteiger partial charge in [0.05, 0.1) is 11.6 Å². The summed E-state index contributed by atoms with van der Waals surface area (Å²) in [4.78, 5) is 14.3. The van der Waals surface area contributed by atoms with Crippen LogP contribution in [0.4, 0.5) is 0 Å². The first-order valence-electron chi connectivity index (χ1n) is 6.17. The maximum atomic E-state index is 12.2. The minimum absolute atomic E-state index is 0.0312. The number of halogens is 2. The van der Waals surface area contributed by atoms with Crippen LogP contribution < -0.4 is 0 Å². The molecule has 19 heavy (non-hydrogen) atoms. The van der Waals surface area contributed by atoms with E-state index in [1.165, 1.54) is 0 Å². The molecule has 0 fully saturated rings. The van der Waals surface area contributed by atoms with E-state index in [9.17, 15) is 4.79 Å². The van der Waals surface area contributed by atoms with Gasteiger partial charge >= 0.3 is 0 Å². The van der Waals surface area contributed by atoms with E-state index in [2.05, 4.69) is 18.1 Å². The molecular formula is C14H19Cl2NOS. The molecule has 5 heteroatoms. The summed E-state index contributed by atoms with van der Waals surface area (Å²) in [5.41, 5.74) is 0.539. The topological polar surface area (TPSA) is 20.3 Å². The maximum absolute atomic E-state index is 12.2. The fourth-order valence-electron chi connectivity index (χ4n) is 1.91. The van der Waals surface area contributed by atoms with Crippen molar-refractivity contribution in [1.29, 1.82) is 0 Å². The third-order valence-electron chi connectivity index (χ3n) is 3.08. The molecule has 0 aliphatic heterocycles. The zero-order valence-corrected chi connectivity index (χ0v) is 13.8. The zero-order valence-electron chi connectivity index (χ0n) is 11.5. The van der Waals surface area contributed by atoms with Crippen molar-refractivity contribution in [1.82, 2.24) is 4.90 Å². The average Bonchev–Trinajstić information content (AvgIpc) is 2.35. The molecule has 106 valence electrons. The van der Waals surface area contributed by atoms with Crippen LogP contribution in [0.1, 0.15) is 23.7 Å². The van der Waals surface area contributed by atoms with Gasteiger partial charge in [-0.25, -0.2) is 0 Å². The minimum Gasteiger partial charge on any atom is -0.295 e. The van der Waals surface area contributed by atoms with Crippen molar-refractivity contribution >= 4 is 40.7 Å². The summed E-state index contributed by atoms with van der Waals surface area (Å²) in [5.74, 6) is 1.05.